The Balaban J connectivity index is 1.48. The first-order valence-corrected chi connectivity index (χ1v) is 15.5. The van der Waals surface area contributed by atoms with Crippen LogP contribution in [0.25, 0.3) is 0 Å². The third-order valence-corrected chi connectivity index (χ3v) is 10.6. The Morgan fingerprint density at radius 3 is 2.64 bits per heavy atom. The summed E-state index contributed by atoms with van der Waals surface area (Å²) in [5.41, 5.74) is -0.657. The summed E-state index contributed by atoms with van der Waals surface area (Å²) < 4.78 is 21.9. The molecule has 4 heterocycles. The average molecular weight is 620 g/mol. The van der Waals surface area contributed by atoms with E-state index in [2.05, 4.69) is 34.8 Å². The number of nitrogens with one attached hydrogen (secondary N) is 3. The Hall–Kier alpha value is -2.30. The van der Waals surface area contributed by atoms with E-state index in [-0.39, 0.29) is 46.7 Å². The van der Waals surface area contributed by atoms with Crippen molar-refractivity contribution in [3.8, 4) is 0 Å². The SMILES string of the molecule is CC1(C)CCC2(CC1)N[C@@H](C(=O)N[C@@H]1CC[C@@H](CCO)OC1)[C@H](c1ccnc(Cl)c1F)[C@]21C(=O)Nc2cc(Cl)ccc21. The molecule has 2 saturated heterocycles. The highest BCUT2D eigenvalue weighted by molar-refractivity contribution is 6.31. The van der Waals surface area contributed by atoms with Gasteiger partial charge in [-0.2, -0.15) is 0 Å². The van der Waals surface area contributed by atoms with Crippen LogP contribution in [-0.2, 0) is 19.7 Å². The van der Waals surface area contributed by atoms with Gasteiger partial charge >= 0.3 is 0 Å². The normalized spacial score (nSPS) is 31.2. The van der Waals surface area contributed by atoms with Gasteiger partial charge in [0.1, 0.15) is 5.41 Å². The molecule has 1 aromatic heterocycles. The molecule has 2 aromatic rings. The van der Waals surface area contributed by atoms with Gasteiger partial charge in [-0.1, -0.05) is 43.1 Å². The molecule has 11 heteroatoms. The quantitative estimate of drug-likeness (QED) is 0.356. The van der Waals surface area contributed by atoms with Crippen molar-refractivity contribution in [3.63, 3.8) is 0 Å². The van der Waals surface area contributed by atoms with E-state index >= 15 is 4.39 Å². The number of ether oxygens (including phenoxy) is 1. The molecule has 5 atom stereocenters. The van der Waals surface area contributed by atoms with Gasteiger partial charge in [0.2, 0.25) is 11.8 Å². The van der Waals surface area contributed by atoms with Crippen molar-refractivity contribution in [1.82, 2.24) is 15.6 Å². The van der Waals surface area contributed by atoms with Gasteiger partial charge in [0.05, 0.1) is 24.8 Å². The number of halogens is 3. The molecule has 1 saturated carbocycles. The number of hydrogen-bond donors (Lipinski definition) is 4. The van der Waals surface area contributed by atoms with E-state index < -0.39 is 28.7 Å². The molecule has 2 amide bonds. The van der Waals surface area contributed by atoms with Crippen molar-refractivity contribution < 1.29 is 23.8 Å². The summed E-state index contributed by atoms with van der Waals surface area (Å²) >= 11 is 12.6. The first-order valence-electron chi connectivity index (χ1n) is 14.7. The van der Waals surface area contributed by atoms with Crippen molar-refractivity contribution in [1.29, 1.82) is 0 Å². The number of hydrogen-bond acceptors (Lipinski definition) is 6. The molecule has 3 aliphatic heterocycles. The van der Waals surface area contributed by atoms with Crippen LogP contribution in [0, 0.1) is 11.2 Å². The van der Waals surface area contributed by atoms with Crippen LogP contribution < -0.4 is 16.0 Å². The van der Waals surface area contributed by atoms with Gasteiger partial charge in [-0.25, -0.2) is 9.37 Å². The van der Waals surface area contributed by atoms with Crippen molar-refractivity contribution >= 4 is 40.7 Å². The zero-order chi connectivity index (χ0) is 29.9. The van der Waals surface area contributed by atoms with Gasteiger partial charge in [0.25, 0.3) is 0 Å². The van der Waals surface area contributed by atoms with Crippen LogP contribution in [0.2, 0.25) is 10.2 Å². The second-order valence-electron chi connectivity index (χ2n) is 13.1. The van der Waals surface area contributed by atoms with Crippen LogP contribution in [0.1, 0.15) is 75.8 Å². The summed E-state index contributed by atoms with van der Waals surface area (Å²) in [6, 6.07) is 5.64. The molecular weight excluding hydrogens is 582 g/mol. The molecule has 8 nitrogen and oxygen atoms in total. The summed E-state index contributed by atoms with van der Waals surface area (Å²) in [5.74, 6) is -2.27. The average Bonchev–Trinajstić information content (AvgIpc) is 3.41. The van der Waals surface area contributed by atoms with Crippen LogP contribution in [0.4, 0.5) is 10.1 Å². The standard InChI is InChI=1S/C31H37Cl2FN4O4/c1-29(2)9-11-30(12-10-29)31(21-6-3-17(32)15-22(21)37-28(31)41)23(20-7-13-35-26(33)24(20)34)25(38-30)27(40)36-18-4-5-19(8-14-39)42-16-18/h3,6-7,13,15,18-19,23,25,38-39H,4-5,8-12,14,16H2,1-2H3,(H,36,40)(H,37,41)/t18-,19+,23+,25-,31-/m1/s1. The number of carbonyl (C=O) groups excluding carboxylic acids is 2. The highest BCUT2D eigenvalue weighted by Gasteiger charge is 2.73. The Labute approximate surface area is 255 Å². The Morgan fingerprint density at radius 1 is 1.19 bits per heavy atom. The van der Waals surface area contributed by atoms with Crippen molar-refractivity contribution in [2.45, 2.75) is 93.9 Å². The highest BCUT2D eigenvalue weighted by atomic mass is 35.5. The predicted molar refractivity (Wildman–Crippen MR) is 158 cm³/mol. The second-order valence-corrected chi connectivity index (χ2v) is 13.8. The van der Waals surface area contributed by atoms with Crippen molar-refractivity contribution in [2.24, 2.45) is 5.41 Å². The number of aromatic nitrogens is 1. The van der Waals surface area contributed by atoms with Crippen LogP contribution in [-0.4, -0.2) is 58.8 Å². The van der Waals surface area contributed by atoms with Gasteiger partial charge in [-0.15, -0.1) is 0 Å². The van der Waals surface area contributed by atoms with E-state index in [0.717, 1.165) is 12.8 Å². The third-order valence-electron chi connectivity index (χ3n) is 10.1. The topological polar surface area (TPSA) is 113 Å². The summed E-state index contributed by atoms with van der Waals surface area (Å²) in [7, 11) is 0. The molecule has 1 aromatic carbocycles. The minimum Gasteiger partial charge on any atom is -0.396 e. The molecule has 3 fully saturated rings. The number of pyridine rings is 1. The number of amides is 2. The molecule has 42 heavy (non-hydrogen) atoms. The van der Waals surface area contributed by atoms with E-state index in [1.54, 1.807) is 12.1 Å². The number of rotatable bonds is 5. The monoisotopic (exact) mass is 618 g/mol. The van der Waals surface area contributed by atoms with Crippen LogP contribution in [0.3, 0.4) is 0 Å². The molecule has 6 rings (SSSR count). The molecule has 4 N–H and O–H groups in total. The zero-order valence-corrected chi connectivity index (χ0v) is 25.3. The molecule has 0 radical (unpaired) electrons. The van der Waals surface area contributed by atoms with Crippen LogP contribution in [0.15, 0.2) is 30.5 Å². The van der Waals surface area contributed by atoms with E-state index in [9.17, 15) is 14.7 Å². The fourth-order valence-corrected chi connectivity index (χ4v) is 8.25. The van der Waals surface area contributed by atoms with E-state index in [1.165, 1.54) is 12.3 Å². The zero-order valence-electron chi connectivity index (χ0n) is 23.8. The van der Waals surface area contributed by atoms with Crippen LogP contribution in [0.5, 0.6) is 0 Å². The van der Waals surface area contributed by atoms with E-state index in [1.807, 2.05) is 6.07 Å². The molecule has 2 spiro atoms. The number of aliphatic hydroxyl groups is 1. The van der Waals surface area contributed by atoms with Gasteiger partial charge in [0, 0.05) is 35.0 Å². The summed E-state index contributed by atoms with van der Waals surface area (Å²) in [5, 5.41) is 19.3. The lowest BCUT2D eigenvalue weighted by Gasteiger charge is -2.50. The molecule has 226 valence electrons. The molecule has 1 aliphatic carbocycles. The lowest BCUT2D eigenvalue weighted by Crippen LogP contribution is -2.61. The first-order chi connectivity index (χ1) is 20.0. The maximum Gasteiger partial charge on any atom is 0.238 e. The maximum atomic E-state index is 16.0. The van der Waals surface area contributed by atoms with Crippen molar-refractivity contribution in [3.05, 3.63) is 57.6 Å². The predicted octanol–water partition coefficient (Wildman–Crippen LogP) is 4.86. The number of nitrogens with zero attached hydrogens (tertiary/aromatic N) is 1. The largest absolute Gasteiger partial charge is 0.396 e. The number of fused-ring (bicyclic) bond motifs is 3. The summed E-state index contributed by atoms with van der Waals surface area (Å²) in [4.78, 5) is 32.7. The number of carbonyl (C=O) groups is 2. The number of benzene rings is 1. The van der Waals surface area contributed by atoms with Gasteiger partial charge in [0.15, 0.2) is 11.0 Å². The Bertz CT molecular complexity index is 1390. The summed E-state index contributed by atoms with van der Waals surface area (Å²) in [6.45, 7) is 4.78. The first kappa shape index (κ1) is 29.8. The van der Waals surface area contributed by atoms with Crippen LogP contribution >= 0.6 is 23.2 Å². The van der Waals surface area contributed by atoms with Gasteiger partial charge < -0.3 is 20.5 Å². The Kier molecular flexibility index (Phi) is 7.80. The molecule has 0 bridgehead atoms. The fraction of sp³-hybridized carbons (Fsp3) is 0.581. The van der Waals surface area contributed by atoms with E-state index in [0.29, 0.717) is 55.0 Å². The number of aliphatic hydroxyl groups excluding tert-OH is 1. The minimum atomic E-state index is -1.31. The number of anilines is 1. The molecule has 4 aliphatic rings. The van der Waals surface area contributed by atoms with Crippen molar-refractivity contribution in [2.75, 3.05) is 18.5 Å². The van der Waals surface area contributed by atoms with Gasteiger partial charge in [-0.3, -0.25) is 14.9 Å². The van der Waals surface area contributed by atoms with E-state index in [4.69, 9.17) is 27.9 Å². The minimum absolute atomic E-state index is 0.0452. The summed E-state index contributed by atoms with van der Waals surface area (Å²) in [6.07, 6.45) is 6.20. The molecule has 0 unspecified atom stereocenters. The Morgan fingerprint density at radius 2 is 1.95 bits per heavy atom. The lowest BCUT2D eigenvalue weighted by molar-refractivity contribution is -0.126. The molecular formula is C31H37Cl2FN4O4. The smallest absolute Gasteiger partial charge is 0.238 e. The highest BCUT2D eigenvalue weighted by Crippen LogP contribution is 2.64. The maximum absolute atomic E-state index is 16.0. The lowest BCUT2D eigenvalue weighted by atomic mass is 9.53. The van der Waals surface area contributed by atoms with Gasteiger partial charge in [-0.05, 0) is 79.7 Å². The second kappa shape index (κ2) is 11.0. The third kappa shape index (κ3) is 4.72. The fourth-order valence-electron chi connectivity index (χ4n) is 7.91.